The molecule has 0 atom stereocenters. The van der Waals surface area contributed by atoms with Gasteiger partial charge in [-0.3, -0.25) is 4.68 Å². The van der Waals surface area contributed by atoms with Gasteiger partial charge in [-0.15, -0.1) is 0 Å². The van der Waals surface area contributed by atoms with Crippen LogP contribution in [0.15, 0.2) is 18.0 Å². The standard InChI is InChI=1S/C14H23N3/c1-3-7-17-11-13(10-16-17)8-12(4-2)9-15-14-5-6-14/h8,10-11,14-15H,3-7,9H2,1-2H3/b12-8-. The van der Waals surface area contributed by atoms with Crippen LogP contribution in [0, 0.1) is 0 Å². The Morgan fingerprint density at radius 1 is 1.53 bits per heavy atom. The van der Waals surface area contributed by atoms with Crippen LogP contribution in [0.3, 0.4) is 0 Å². The Kier molecular flexibility index (Phi) is 4.37. The average Bonchev–Trinajstić information content (AvgIpc) is 3.06. The molecule has 17 heavy (non-hydrogen) atoms. The van der Waals surface area contributed by atoms with E-state index in [4.69, 9.17) is 0 Å². The molecule has 3 heteroatoms. The maximum absolute atomic E-state index is 4.35. The molecule has 0 saturated heterocycles. The third-order valence-electron chi connectivity index (χ3n) is 3.13. The summed E-state index contributed by atoms with van der Waals surface area (Å²) in [6.45, 7) is 6.43. The zero-order valence-corrected chi connectivity index (χ0v) is 10.9. The largest absolute Gasteiger partial charge is 0.310 e. The van der Waals surface area contributed by atoms with E-state index in [1.54, 1.807) is 0 Å². The fraction of sp³-hybridized carbons (Fsp3) is 0.643. The zero-order chi connectivity index (χ0) is 12.1. The van der Waals surface area contributed by atoms with Gasteiger partial charge in [0.15, 0.2) is 0 Å². The molecule has 1 saturated carbocycles. The van der Waals surface area contributed by atoms with Gasteiger partial charge >= 0.3 is 0 Å². The van der Waals surface area contributed by atoms with Crippen LogP contribution in [0.5, 0.6) is 0 Å². The highest BCUT2D eigenvalue weighted by Gasteiger charge is 2.19. The third-order valence-corrected chi connectivity index (χ3v) is 3.13. The molecule has 2 rings (SSSR count). The van der Waals surface area contributed by atoms with Gasteiger partial charge in [-0.1, -0.05) is 25.5 Å². The molecular weight excluding hydrogens is 210 g/mol. The van der Waals surface area contributed by atoms with Crippen molar-refractivity contribution in [1.29, 1.82) is 0 Å². The van der Waals surface area contributed by atoms with E-state index in [1.165, 1.54) is 24.0 Å². The highest BCUT2D eigenvalue weighted by molar-refractivity contribution is 5.51. The van der Waals surface area contributed by atoms with Crippen LogP contribution >= 0.6 is 0 Å². The van der Waals surface area contributed by atoms with Crippen molar-refractivity contribution >= 4 is 6.08 Å². The second kappa shape index (κ2) is 6.01. The lowest BCUT2D eigenvalue weighted by Gasteiger charge is -2.05. The zero-order valence-electron chi connectivity index (χ0n) is 10.9. The van der Waals surface area contributed by atoms with Gasteiger partial charge < -0.3 is 5.32 Å². The minimum Gasteiger partial charge on any atom is -0.310 e. The van der Waals surface area contributed by atoms with E-state index < -0.39 is 0 Å². The Labute approximate surface area is 104 Å². The first-order chi connectivity index (χ1) is 8.31. The van der Waals surface area contributed by atoms with Crippen molar-refractivity contribution in [2.45, 2.75) is 52.1 Å². The quantitative estimate of drug-likeness (QED) is 0.785. The van der Waals surface area contributed by atoms with Crippen molar-refractivity contribution < 1.29 is 0 Å². The summed E-state index contributed by atoms with van der Waals surface area (Å²) in [4.78, 5) is 0. The molecule has 0 amide bonds. The van der Waals surface area contributed by atoms with Gasteiger partial charge in [-0.05, 0) is 25.7 Å². The smallest absolute Gasteiger partial charge is 0.0562 e. The van der Waals surface area contributed by atoms with Gasteiger partial charge in [0.25, 0.3) is 0 Å². The lowest BCUT2D eigenvalue weighted by atomic mass is 10.1. The molecule has 1 aromatic rings. The Bertz CT molecular complexity index is 375. The maximum atomic E-state index is 4.35. The summed E-state index contributed by atoms with van der Waals surface area (Å²) in [7, 11) is 0. The van der Waals surface area contributed by atoms with Crippen LogP contribution in [0.1, 0.15) is 45.1 Å². The van der Waals surface area contributed by atoms with E-state index in [0.717, 1.165) is 32.0 Å². The molecule has 0 aliphatic heterocycles. The van der Waals surface area contributed by atoms with Gasteiger partial charge in [0, 0.05) is 30.9 Å². The van der Waals surface area contributed by atoms with Crippen molar-refractivity contribution in [3.05, 3.63) is 23.5 Å². The normalized spacial score (nSPS) is 16.5. The number of hydrogen-bond acceptors (Lipinski definition) is 2. The minimum absolute atomic E-state index is 0.785. The summed E-state index contributed by atoms with van der Waals surface area (Å²) >= 11 is 0. The summed E-state index contributed by atoms with van der Waals surface area (Å²) in [6.07, 6.45) is 11.3. The predicted octanol–water partition coefficient (Wildman–Crippen LogP) is 2.84. The number of rotatable bonds is 7. The molecule has 0 bridgehead atoms. The molecule has 1 heterocycles. The molecular formula is C14H23N3. The summed E-state index contributed by atoms with van der Waals surface area (Å²) in [5, 5.41) is 7.92. The second-order valence-electron chi connectivity index (χ2n) is 4.85. The van der Waals surface area contributed by atoms with Crippen molar-refractivity contribution in [3.63, 3.8) is 0 Å². The van der Waals surface area contributed by atoms with Crippen LogP contribution in [0.4, 0.5) is 0 Å². The summed E-state index contributed by atoms with van der Waals surface area (Å²) in [6, 6.07) is 0.785. The number of aromatic nitrogens is 2. The van der Waals surface area contributed by atoms with E-state index in [0.29, 0.717) is 0 Å². The molecule has 0 unspecified atom stereocenters. The maximum Gasteiger partial charge on any atom is 0.0562 e. The molecule has 1 aliphatic rings. The molecule has 3 nitrogen and oxygen atoms in total. The fourth-order valence-corrected chi connectivity index (χ4v) is 1.88. The van der Waals surface area contributed by atoms with Crippen molar-refractivity contribution in [3.8, 4) is 0 Å². The number of nitrogens with one attached hydrogen (secondary N) is 1. The first kappa shape index (κ1) is 12.4. The molecule has 1 aliphatic carbocycles. The van der Waals surface area contributed by atoms with Gasteiger partial charge in [-0.2, -0.15) is 5.10 Å². The van der Waals surface area contributed by atoms with E-state index in [-0.39, 0.29) is 0 Å². The van der Waals surface area contributed by atoms with Gasteiger partial charge in [0.05, 0.1) is 6.20 Å². The fourth-order valence-electron chi connectivity index (χ4n) is 1.88. The summed E-state index contributed by atoms with van der Waals surface area (Å²) < 4.78 is 2.02. The number of hydrogen-bond donors (Lipinski definition) is 1. The van der Waals surface area contributed by atoms with Crippen LogP contribution in [0.2, 0.25) is 0 Å². The van der Waals surface area contributed by atoms with Gasteiger partial charge in [0.1, 0.15) is 0 Å². The Morgan fingerprint density at radius 2 is 2.35 bits per heavy atom. The molecule has 1 N–H and O–H groups in total. The van der Waals surface area contributed by atoms with Crippen molar-refractivity contribution in [2.75, 3.05) is 6.54 Å². The van der Waals surface area contributed by atoms with Crippen molar-refractivity contribution in [1.82, 2.24) is 15.1 Å². The van der Waals surface area contributed by atoms with Crippen LogP contribution in [-0.4, -0.2) is 22.4 Å². The molecule has 94 valence electrons. The van der Waals surface area contributed by atoms with Crippen LogP contribution in [0.25, 0.3) is 6.08 Å². The number of aryl methyl sites for hydroxylation is 1. The highest BCUT2D eigenvalue weighted by atomic mass is 15.3. The average molecular weight is 233 g/mol. The van der Waals surface area contributed by atoms with Crippen molar-refractivity contribution in [2.24, 2.45) is 0 Å². The first-order valence-electron chi connectivity index (χ1n) is 6.77. The molecule has 1 fully saturated rings. The molecule has 0 radical (unpaired) electrons. The van der Waals surface area contributed by atoms with Gasteiger partial charge in [0.2, 0.25) is 0 Å². The predicted molar refractivity (Wildman–Crippen MR) is 71.8 cm³/mol. The second-order valence-corrected chi connectivity index (χ2v) is 4.85. The van der Waals surface area contributed by atoms with Gasteiger partial charge in [-0.25, -0.2) is 0 Å². The molecule has 0 spiro atoms. The monoisotopic (exact) mass is 233 g/mol. The number of nitrogens with zero attached hydrogens (tertiary/aromatic N) is 2. The topological polar surface area (TPSA) is 29.9 Å². The summed E-state index contributed by atoms with van der Waals surface area (Å²) in [5.41, 5.74) is 2.70. The lowest BCUT2D eigenvalue weighted by molar-refractivity contribution is 0.602. The van der Waals surface area contributed by atoms with E-state index in [2.05, 4.69) is 36.5 Å². The minimum atomic E-state index is 0.785. The Morgan fingerprint density at radius 3 is 3.00 bits per heavy atom. The summed E-state index contributed by atoms with van der Waals surface area (Å²) in [5.74, 6) is 0. The SMILES string of the molecule is CCCn1cc(/C=C(/CC)CNC2CC2)cn1. The van der Waals surface area contributed by atoms with E-state index in [9.17, 15) is 0 Å². The van der Waals surface area contributed by atoms with E-state index in [1.807, 2.05) is 10.9 Å². The van der Waals surface area contributed by atoms with Crippen LogP contribution in [-0.2, 0) is 6.54 Å². The molecule has 0 aromatic carbocycles. The van der Waals surface area contributed by atoms with E-state index >= 15 is 0 Å². The third kappa shape index (κ3) is 4.00. The van der Waals surface area contributed by atoms with Crippen LogP contribution < -0.4 is 5.32 Å². The Balaban J connectivity index is 1.92. The highest BCUT2D eigenvalue weighted by Crippen LogP contribution is 2.19. The Hall–Kier alpha value is -1.09. The first-order valence-corrected chi connectivity index (χ1v) is 6.77. The molecule has 1 aromatic heterocycles. The lowest BCUT2D eigenvalue weighted by Crippen LogP contribution is -2.18.